The predicted octanol–water partition coefficient (Wildman–Crippen LogP) is 2.69. The first-order valence-electron chi connectivity index (χ1n) is 12.6. The van der Waals surface area contributed by atoms with Gasteiger partial charge in [-0.05, 0) is 31.2 Å². The minimum absolute atomic E-state index is 0.0884. The third-order valence-corrected chi connectivity index (χ3v) is 8.85. The van der Waals surface area contributed by atoms with Gasteiger partial charge in [0.1, 0.15) is 28.4 Å². The largest absolute Gasteiger partial charge is 0.497 e. The van der Waals surface area contributed by atoms with E-state index < -0.39 is 10.0 Å². The Hall–Kier alpha value is -3.99. The molecule has 0 spiro atoms. The number of benzene rings is 1. The molecule has 0 bridgehead atoms. The summed E-state index contributed by atoms with van der Waals surface area (Å²) in [6.45, 7) is 2.49. The van der Waals surface area contributed by atoms with Crippen molar-refractivity contribution < 1.29 is 17.9 Å². The van der Waals surface area contributed by atoms with Crippen LogP contribution in [-0.2, 0) is 10.0 Å². The molecule has 1 fully saturated rings. The van der Waals surface area contributed by atoms with Crippen LogP contribution in [0.3, 0.4) is 0 Å². The number of nitrogens with one attached hydrogen (secondary N) is 1. The van der Waals surface area contributed by atoms with Gasteiger partial charge in [0.15, 0.2) is 0 Å². The van der Waals surface area contributed by atoms with Gasteiger partial charge in [-0.15, -0.1) is 0 Å². The molecule has 0 amide bonds. The highest BCUT2D eigenvalue weighted by molar-refractivity contribution is 7.89. The van der Waals surface area contributed by atoms with Crippen molar-refractivity contribution in [3.63, 3.8) is 0 Å². The topological polar surface area (TPSA) is 142 Å². The standard InChI is InChI=1S/C26H30N8O4S/c1-37-21-4-5-23(38-2)24(14-21)39(35,36)33-11-3-10-32(12-13-33)17-20(6-8-27)34-16-19(15-31-34)25-22-7-9-28-26(22)30-18-29-25/h4-5,7,9,14-16,18,20H,3,6,10-13,17H2,1-2H3,(H,28,29,30). The van der Waals surface area contributed by atoms with E-state index >= 15 is 0 Å². The van der Waals surface area contributed by atoms with E-state index in [1.807, 2.05) is 18.5 Å². The molecule has 204 valence electrons. The fourth-order valence-corrected chi connectivity index (χ4v) is 6.54. The van der Waals surface area contributed by atoms with E-state index in [1.165, 1.54) is 30.9 Å². The van der Waals surface area contributed by atoms with E-state index in [1.54, 1.807) is 23.0 Å². The molecule has 39 heavy (non-hydrogen) atoms. The number of nitrogens with zero attached hydrogens (tertiary/aromatic N) is 7. The number of H-pyrrole nitrogens is 1. The van der Waals surface area contributed by atoms with Crippen molar-refractivity contribution in [1.82, 2.24) is 33.9 Å². The molecule has 1 aliphatic rings. The summed E-state index contributed by atoms with van der Waals surface area (Å²) in [6, 6.07) is 8.76. The van der Waals surface area contributed by atoms with Gasteiger partial charge in [0.2, 0.25) is 10.0 Å². The van der Waals surface area contributed by atoms with E-state index in [0.29, 0.717) is 44.9 Å². The summed E-state index contributed by atoms with van der Waals surface area (Å²) in [7, 11) is -0.851. The summed E-state index contributed by atoms with van der Waals surface area (Å²) in [5.41, 5.74) is 2.36. The average Bonchev–Trinajstić information content (AvgIpc) is 3.58. The van der Waals surface area contributed by atoms with Crippen molar-refractivity contribution in [2.75, 3.05) is 46.9 Å². The molecule has 1 N–H and O–H groups in total. The maximum absolute atomic E-state index is 13.6. The highest BCUT2D eigenvalue weighted by Gasteiger charge is 2.31. The van der Waals surface area contributed by atoms with Crippen LogP contribution < -0.4 is 9.47 Å². The van der Waals surface area contributed by atoms with Crippen molar-refractivity contribution in [3.05, 3.63) is 49.2 Å². The normalized spacial score (nSPS) is 16.0. The lowest BCUT2D eigenvalue weighted by Crippen LogP contribution is -2.37. The molecule has 0 saturated carbocycles. The molecular weight excluding hydrogens is 520 g/mol. The Balaban J connectivity index is 1.31. The number of aromatic amines is 1. The Bertz CT molecular complexity index is 1590. The van der Waals surface area contributed by atoms with Crippen LogP contribution in [0.2, 0.25) is 0 Å². The second-order valence-corrected chi connectivity index (χ2v) is 11.2. The molecule has 13 heteroatoms. The molecule has 4 aromatic rings. The molecule has 5 rings (SSSR count). The SMILES string of the molecule is COc1ccc(OC)c(S(=O)(=O)N2CCCN(CC(CC#N)n3cc(-c4ncnc5[nH]ccc45)cn3)CC2)c1. The molecule has 1 unspecified atom stereocenters. The lowest BCUT2D eigenvalue weighted by atomic mass is 10.1. The lowest BCUT2D eigenvalue weighted by Gasteiger charge is -2.25. The van der Waals surface area contributed by atoms with Gasteiger partial charge >= 0.3 is 0 Å². The van der Waals surface area contributed by atoms with E-state index in [-0.39, 0.29) is 23.1 Å². The number of ether oxygens (including phenoxy) is 2. The Labute approximate surface area is 226 Å². The highest BCUT2D eigenvalue weighted by atomic mass is 32.2. The van der Waals surface area contributed by atoms with Gasteiger partial charge < -0.3 is 14.5 Å². The van der Waals surface area contributed by atoms with E-state index in [9.17, 15) is 13.7 Å². The van der Waals surface area contributed by atoms with E-state index in [2.05, 4.69) is 31.0 Å². The molecule has 0 radical (unpaired) electrons. The van der Waals surface area contributed by atoms with Gasteiger partial charge in [-0.3, -0.25) is 9.58 Å². The minimum atomic E-state index is -3.80. The van der Waals surface area contributed by atoms with Crippen molar-refractivity contribution in [2.24, 2.45) is 0 Å². The summed E-state index contributed by atoms with van der Waals surface area (Å²) in [5.74, 6) is 0.726. The molecule has 12 nitrogen and oxygen atoms in total. The number of nitriles is 1. The van der Waals surface area contributed by atoms with Crippen LogP contribution >= 0.6 is 0 Å². The van der Waals surface area contributed by atoms with Crippen LogP contribution in [0.25, 0.3) is 22.3 Å². The molecule has 1 saturated heterocycles. The predicted molar refractivity (Wildman–Crippen MR) is 144 cm³/mol. The van der Waals surface area contributed by atoms with Crippen molar-refractivity contribution in [3.8, 4) is 28.8 Å². The number of sulfonamides is 1. The molecule has 1 atom stereocenters. The second-order valence-electron chi connectivity index (χ2n) is 9.26. The second kappa shape index (κ2) is 11.4. The zero-order chi connectivity index (χ0) is 27.4. The molecule has 1 aliphatic heterocycles. The van der Waals surface area contributed by atoms with Crippen molar-refractivity contribution in [2.45, 2.75) is 23.8 Å². The first kappa shape index (κ1) is 26.6. The van der Waals surface area contributed by atoms with Crippen LogP contribution in [0, 0.1) is 11.3 Å². The zero-order valence-corrected chi connectivity index (χ0v) is 22.6. The summed E-state index contributed by atoms with van der Waals surface area (Å²) in [5, 5.41) is 15.0. The van der Waals surface area contributed by atoms with E-state index in [4.69, 9.17) is 9.47 Å². The maximum atomic E-state index is 13.6. The number of rotatable bonds is 9. The van der Waals surface area contributed by atoms with Crippen LogP contribution in [0.4, 0.5) is 0 Å². The first-order valence-corrected chi connectivity index (χ1v) is 14.0. The van der Waals surface area contributed by atoms with Gasteiger partial charge in [-0.2, -0.15) is 14.7 Å². The van der Waals surface area contributed by atoms with Crippen LogP contribution in [0.15, 0.2) is 54.1 Å². The quantitative estimate of drug-likeness (QED) is 0.333. The van der Waals surface area contributed by atoms with Gasteiger partial charge in [0.25, 0.3) is 0 Å². The number of aromatic nitrogens is 5. The number of methoxy groups -OCH3 is 2. The van der Waals surface area contributed by atoms with Gasteiger partial charge in [0.05, 0.1) is 44.6 Å². The molecule has 4 heterocycles. The summed E-state index contributed by atoms with van der Waals surface area (Å²) in [4.78, 5) is 14.0. The Kier molecular flexibility index (Phi) is 7.78. The monoisotopic (exact) mass is 550 g/mol. The lowest BCUT2D eigenvalue weighted by molar-refractivity contribution is 0.234. The van der Waals surface area contributed by atoms with Crippen LogP contribution in [0.1, 0.15) is 18.9 Å². The smallest absolute Gasteiger partial charge is 0.246 e. The van der Waals surface area contributed by atoms with Crippen molar-refractivity contribution >= 4 is 21.1 Å². The molecule has 3 aromatic heterocycles. The molecule has 1 aromatic carbocycles. The summed E-state index contributed by atoms with van der Waals surface area (Å²) in [6.07, 6.45) is 7.90. The van der Waals surface area contributed by atoms with Crippen molar-refractivity contribution in [1.29, 1.82) is 5.26 Å². The zero-order valence-electron chi connectivity index (χ0n) is 21.8. The van der Waals surface area contributed by atoms with Crippen LogP contribution in [-0.4, -0.2) is 89.3 Å². The van der Waals surface area contributed by atoms with Crippen LogP contribution in [0.5, 0.6) is 11.5 Å². The maximum Gasteiger partial charge on any atom is 0.246 e. The van der Waals surface area contributed by atoms with Gasteiger partial charge in [-0.1, -0.05) is 0 Å². The first-order chi connectivity index (χ1) is 18.9. The molecular formula is C26H30N8O4S. The summed E-state index contributed by atoms with van der Waals surface area (Å²) >= 11 is 0. The number of hydrogen-bond donors (Lipinski definition) is 1. The number of hydrogen-bond acceptors (Lipinski definition) is 9. The Morgan fingerprint density at radius 2 is 2.00 bits per heavy atom. The third-order valence-electron chi connectivity index (χ3n) is 6.93. The fraction of sp³-hybridized carbons (Fsp3) is 0.385. The van der Waals surface area contributed by atoms with E-state index in [0.717, 1.165) is 22.3 Å². The fourth-order valence-electron chi connectivity index (χ4n) is 4.90. The number of fused-ring (bicyclic) bond motifs is 1. The Morgan fingerprint density at radius 3 is 2.79 bits per heavy atom. The van der Waals surface area contributed by atoms with Gasteiger partial charge in [0, 0.05) is 55.6 Å². The minimum Gasteiger partial charge on any atom is -0.497 e. The Morgan fingerprint density at radius 1 is 1.13 bits per heavy atom. The van der Waals surface area contributed by atoms with Gasteiger partial charge in [-0.25, -0.2) is 18.4 Å². The summed E-state index contributed by atoms with van der Waals surface area (Å²) < 4.78 is 41.0. The molecule has 0 aliphatic carbocycles. The highest BCUT2D eigenvalue weighted by Crippen LogP contribution is 2.31. The average molecular weight is 551 g/mol. The third kappa shape index (κ3) is 5.44.